The lowest BCUT2D eigenvalue weighted by atomic mass is 10.2. The van der Waals surface area contributed by atoms with Gasteiger partial charge in [-0.05, 0) is 24.1 Å². The Balaban J connectivity index is 1.71. The Morgan fingerprint density at radius 2 is 2.43 bits per heavy atom. The fraction of sp³-hybridized carbons (Fsp3) is 0.562. The first-order valence-corrected chi connectivity index (χ1v) is 7.47. The lowest BCUT2D eigenvalue weighted by Crippen LogP contribution is -2.48. The van der Waals surface area contributed by atoms with Crippen molar-refractivity contribution >= 4 is 12.0 Å². The van der Waals surface area contributed by atoms with E-state index in [2.05, 4.69) is 24.1 Å². The summed E-state index contributed by atoms with van der Waals surface area (Å²) in [6, 6.07) is 3.59. The van der Waals surface area contributed by atoms with Crippen LogP contribution in [0.15, 0.2) is 28.9 Å². The molecule has 1 unspecified atom stereocenters. The number of morpholine rings is 1. The maximum absolute atomic E-state index is 11.7. The van der Waals surface area contributed by atoms with Gasteiger partial charge in [0, 0.05) is 32.3 Å². The molecular weight excluding hydrogens is 268 g/mol. The van der Waals surface area contributed by atoms with Crippen LogP contribution in [0.2, 0.25) is 0 Å². The van der Waals surface area contributed by atoms with Crippen molar-refractivity contribution in [3.05, 3.63) is 30.2 Å². The van der Waals surface area contributed by atoms with Gasteiger partial charge in [-0.3, -0.25) is 9.69 Å². The summed E-state index contributed by atoms with van der Waals surface area (Å²) >= 11 is 0. The molecule has 0 saturated carbocycles. The van der Waals surface area contributed by atoms with Crippen molar-refractivity contribution in [2.75, 3.05) is 32.8 Å². The van der Waals surface area contributed by atoms with Gasteiger partial charge in [0.2, 0.25) is 5.91 Å². The summed E-state index contributed by atoms with van der Waals surface area (Å²) in [5.74, 6) is 1.19. The maximum atomic E-state index is 11.7. The van der Waals surface area contributed by atoms with Gasteiger partial charge in [-0.25, -0.2) is 0 Å². The minimum absolute atomic E-state index is 0.0680. The predicted molar refractivity (Wildman–Crippen MR) is 81.8 cm³/mol. The molecule has 5 nitrogen and oxygen atoms in total. The van der Waals surface area contributed by atoms with Crippen molar-refractivity contribution in [1.82, 2.24) is 10.2 Å². The van der Waals surface area contributed by atoms with Crippen LogP contribution in [-0.2, 0) is 9.53 Å². The molecule has 21 heavy (non-hydrogen) atoms. The standard InChI is InChI=1S/C16H24N2O3/c1-13(2)11-18-7-9-21-15(12-18)10-17-16(19)6-5-14-4-3-8-20-14/h3-6,8,13,15H,7,9-12H2,1-2H3,(H,17,19)/b6-5+. The molecule has 1 atom stereocenters. The number of nitrogens with zero attached hydrogens (tertiary/aromatic N) is 1. The van der Waals surface area contributed by atoms with Crippen LogP contribution in [0.1, 0.15) is 19.6 Å². The average Bonchev–Trinajstić information content (AvgIpc) is 2.96. The largest absolute Gasteiger partial charge is 0.465 e. The highest BCUT2D eigenvalue weighted by Gasteiger charge is 2.20. The fourth-order valence-electron chi connectivity index (χ4n) is 2.40. The van der Waals surface area contributed by atoms with Crippen LogP contribution < -0.4 is 5.32 Å². The van der Waals surface area contributed by atoms with Gasteiger partial charge in [0.1, 0.15) is 5.76 Å². The van der Waals surface area contributed by atoms with Crippen LogP contribution in [-0.4, -0.2) is 49.7 Å². The third-order valence-electron chi connectivity index (χ3n) is 3.29. The van der Waals surface area contributed by atoms with Gasteiger partial charge in [-0.2, -0.15) is 0 Å². The Morgan fingerprint density at radius 3 is 3.14 bits per heavy atom. The van der Waals surface area contributed by atoms with Crippen molar-refractivity contribution in [3.63, 3.8) is 0 Å². The summed E-state index contributed by atoms with van der Waals surface area (Å²) < 4.78 is 10.8. The molecule has 1 fully saturated rings. The number of ether oxygens (including phenoxy) is 1. The average molecular weight is 292 g/mol. The van der Waals surface area contributed by atoms with Crippen molar-refractivity contribution in [1.29, 1.82) is 0 Å². The lowest BCUT2D eigenvalue weighted by Gasteiger charge is -2.33. The highest BCUT2D eigenvalue weighted by atomic mass is 16.5. The number of nitrogens with one attached hydrogen (secondary N) is 1. The van der Waals surface area contributed by atoms with Gasteiger partial charge in [0.15, 0.2) is 0 Å². The summed E-state index contributed by atoms with van der Waals surface area (Å²) in [6.45, 7) is 8.62. The van der Waals surface area contributed by atoms with E-state index in [1.54, 1.807) is 24.5 Å². The van der Waals surface area contributed by atoms with Crippen LogP contribution in [0.25, 0.3) is 6.08 Å². The van der Waals surface area contributed by atoms with Gasteiger partial charge in [0.05, 0.1) is 19.0 Å². The van der Waals surface area contributed by atoms with Crippen molar-refractivity contribution in [3.8, 4) is 0 Å². The quantitative estimate of drug-likeness (QED) is 0.812. The van der Waals surface area contributed by atoms with E-state index in [1.165, 1.54) is 6.08 Å². The van der Waals surface area contributed by atoms with Gasteiger partial charge >= 0.3 is 0 Å². The fourth-order valence-corrected chi connectivity index (χ4v) is 2.40. The second kappa shape index (κ2) is 8.00. The summed E-state index contributed by atoms with van der Waals surface area (Å²) in [5.41, 5.74) is 0. The van der Waals surface area contributed by atoms with Gasteiger partial charge in [-0.15, -0.1) is 0 Å². The Kier molecular flexibility index (Phi) is 6.02. The van der Waals surface area contributed by atoms with Crippen LogP contribution in [0.5, 0.6) is 0 Å². The molecule has 0 radical (unpaired) electrons. The van der Waals surface area contributed by atoms with E-state index < -0.39 is 0 Å². The number of hydrogen-bond acceptors (Lipinski definition) is 4. The first-order chi connectivity index (χ1) is 10.1. The maximum Gasteiger partial charge on any atom is 0.244 e. The van der Waals surface area contributed by atoms with E-state index in [-0.39, 0.29) is 12.0 Å². The molecule has 1 aromatic rings. The van der Waals surface area contributed by atoms with E-state index >= 15 is 0 Å². The van der Waals surface area contributed by atoms with Crippen LogP contribution in [0.3, 0.4) is 0 Å². The zero-order valence-electron chi connectivity index (χ0n) is 12.7. The first-order valence-electron chi connectivity index (χ1n) is 7.47. The second-order valence-electron chi connectivity index (χ2n) is 5.74. The smallest absolute Gasteiger partial charge is 0.244 e. The minimum atomic E-state index is -0.129. The molecule has 0 spiro atoms. The topological polar surface area (TPSA) is 54.7 Å². The molecule has 1 N–H and O–H groups in total. The molecule has 2 rings (SSSR count). The van der Waals surface area contributed by atoms with Crippen LogP contribution in [0.4, 0.5) is 0 Å². The number of carbonyl (C=O) groups is 1. The number of hydrogen-bond donors (Lipinski definition) is 1. The number of furan rings is 1. The third-order valence-corrected chi connectivity index (χ3v) is 3.29. The van der Waals surface area contributed by atoms with E-state index in [0.717, 1.165) is 26.2 Å². The Morgan fingerprint density at radius 1 is 1.57 bits per heavy atom. The molecule has 1 aliphatic rings. The molecule has 116 valence electrons. The summed E-state index contributed by atoms with van der Waals surface area (Å²) in [7, 11) is 0. The predicted octanol–water partition coefficient (Wildman–Crippen LogP) is 1.77. The molecule has 1 amide bonds. The van der Waals surface area contributed by atoms with Crippen molar-refractivity contribution in [2.45, 2.75) is 20.0 Å². The number of carbonyl (C=O) groups excluding carboxylic acids is 1. The van der Waals surface area contributed by atoms with Crippen LogP contribution in [0, 0.1) is 5.92 Å². The van der Waals surface area contributed by atoms with Gasteiger partial charge < -0.3 is 14.5 Å². The summed E-state index contributed by atoms with van der Waals surface area (Å²) in [5, 5.41) is 2.87. The van der Waals surface area contributed by atoms with Gasteiger partial charge in [-0.1, -0.05) is 13.8 Å². The lowest BCUT2D eigenvalue weighted by molar-refractivity contribution is -0.117. The molecule has 1 saturated heterocycles. The Bertz CT molecular complexity index is 454. The minimum Gasteiger partial charge on any atom is -0.465 e. The molecule has 2 heterocycles. The highest BCUT2D eigenvalue weighted by molar-refractivity contribution is 5.91. The number of rotatable bonds is 6. The monoisotopic (exact) mass is 292 g/mol. The summed E-state index contributed by atoms with van der Waals surface area (Å²) in [4.78, 5) is 14.1. The van der Waals surface area contributed by atoms with Gasteiger partial charge in [0.25, 0.3) is 0 Å². The van der Waals surface area contributed by atoms with Crippen LogP contribution >= 0.6 is 0 Å². The molecule has 0 aromatic carbocycles. The Hall–Kier alpha value is -1.59. The number of amides is 1. The second-order valence-corrected chi connectivity index (χ2v) is 5.74. The molecule has 1 aliphatic heterocycles. The van der Waals surface area contributed by atoms with E-state index in [9.17, 15) is 4.79 Å². The molecule has 0 aliphatic carbocycles. The van der Waals surface area contributed by atoms with E-state index in [0.29, 0.717) is 18.2 Å². The molecule has 5 heteroatoms. The Labute approximate surface area is 125 Å². The highest BCUT2D eigenvalue weighted by Crippen LogP contribution is 2.07. The zero-order chi connectivity index (χ0) is 15.1. The molecular formula is C16H24N2O3. The van der Waals surface area contributed by atoms with Crippen molar-refractivity contribution in [2.24, 2.45) is 5.92 Å². The van der Waals surface area contributed by atoms with Crippen molar-refractivity contribution < 1.29 is 13.9 Å². The zero-order valence-corrected chi connectivity index (χ0v) is 12.7. The first kappa shape index (κ1) is 15.8. The SMILES string of the molecule is CC(C)CN1CCOC(CNC(=O)/C=C/c2ccco2)C1. The molecule has 0 bridgehead atoms. The van der Waals surface area contributed by atoms with E-state index in [4.69, 9.17) is 9.15 Å². The third kappa shape index (κ3) is 5.73. The van der Waals surface area contributed by atoms with E-state index in [1.807, 2.05) is 0 Å². The molecule has 1 aromatic heterocycles. The summed E-state index contributed by atoms with van der Waals surface area (Å²) in [6.07, 6.45) is 4.78. The normalized spacial score (nSPS) is 20.2.